The molecule has 0 heterocycles. The summed E-state index contributed by atoms with van der Waals surface area (Å²) >= 11 is 5.02. The second-order valence-corrected chi connectivity index (χ2v) is 1.31. The van der Waals surface area contributed by atoms with Gasteiger partial charge in [0, 0.05) is 0 Å². The van der Waals surface area contributed by atoms with Crippen molar-refractivity contribution in [3.63, 3.8) is 0 Å². The van der Waals surface area contributed by atoms with Crippen LogP contribution in [-0.2, 0) is 0 Å². The molecule has 0 aromatic carbocycles. The molecule has 0 aliphatic carbocycles. The molecule has 0 radical (unpaired) electrons. The molecule has 0 aromatic rings. The SMILES string of the molecule is N#CC(=NO)C(Cl)=NO. The summed E-state index contributed by atoms with van der Waals surface area (Å²) in [7, 11) is 0. The lowest BCUT2D eigenvalue weighted by Gasteiger charge is -1.83. The van der Waals surface area contributed by atoms with Crippen molar-refractivity contribution in [1.82, 2.24) is 0 Å². The minimum Gasteiger partial charge on any atom is -0.410 e. The van der Waals surface area contributed by atoms with E-state index in [2.05, 4.69) is 10.3 Å². The third kappa shape index (κ3) is 1.97. The van der Waals surface area contributed by atoms with E-state index in [1.807, 2.05) is 0 Å². The molecule has 0 bridgehead atoms. The summed E-state index contributed by atoms with van der Waals surface area (Å²) in [5.74, 6) is 0. The van der Waals surface area contributed by atoms with E-state index < -0.39 is 10.9 Å². The van der Waals surface area contributed by atoms with E-state index in [4.69, 9.17) is 27.3 Å². The Morgan fingerprint density at radius 1 is 1.44 bits per heavy atom. The third-order valence-corrected chi connectivity index (χ3v) is 0.744. The Balaban J connectivity index is 4.39. The van der Waals surface area contributed by atoms with Crippen molar-refractivity contribution in [2.45, 2.75) is 0 Å². The molecule has 6 heteroatoms. The molecular weight excluding hydrogens is 146 g/mol. The maximum atomic E-state index is 8.01. The highest BCUT2D eigenvalue weighted by atomic mass is 35.5. The number of oxime groups is 2. The van der Waals surface area contributed by atoms with Gasteiger partial charge in [-0.05, 0) is 0 Å². The van der Waals surface area contributed by atoms with Crippen molar-refractivity contribution in [3.05, 3.63) is 0 Å². The van der Waals surface area contributed by atoms with Gasteiger partial charge in [-0.2, -0.15) is 5.26 Å². The van der Waals surface area contributed by atoms with Crippen LogP contribution in [-0.4, -0.2) is 21.3 Å². The van der Waals surface area contributed by atoms with Gasteiger partial charge in [-0.15, -0.1) is 0 Å². The lowest BCUT2D eigenvalue weighted by molar-refractivity contribution is 0.315. The predicted molar refractivity (Wildman–Crippen MR) is 29.9 cm³/mol. The highest BCUT2D eigenvalue weighted by Gasteiger charge is 2.04. The molecule has 0 spiro atoms. The van der Waals surface area contributed by atoms with Crippen molar-refractivity contribution in [1.29, 1.82) is 5.26 Å². The normalized spacial score (nSPS) is 12.9. The minimum absolute atomic E-state index is 0.529. The fourth-order valence-electron chi connectivity index (χ4n) is 0.157. The molecule has 0 aromatic heterocycles. The summed E-state index contributed by atoms with van der Waals surface area (Å²) in [5, 5.41) is 28.1. The summed E-state index contributed by atoms with van der Waals surface area (Å²) in [6.07, 6.45) is 0. The van der Waals surface area contributed by atoms with Crippen molar-refractivity contribution in [2.75, 3.05) is 0 Å². The molecule has 0 unspecified atom stereocenters. The smallest absolute Gasteiger partial charge is 0.220 e. The average Bonchev–Trinajstić information content (AvgIpc) is 1.90. The Kier molecular flexibility index (Phi) is 3.16. The van der Waals surface area contributed by atoms with Crippen LogP contribution in [0.25, 0.3) is 0 Å². The summed E-state index contributed by atoms with van der Waals surface area (Å²) < 4.78 is 0. The highest BCUT2D eigenvalue weighted by molar-refractivity contribution is 6.85. The molecule has 0 atom stereocenters. The van der Waals surface area contributed by atoms with Gasteiger partial charge in [0.15, 0.2) is 0 Å². The average molecular weight is 148 g/mol. The van der Waals surface area contributed by atoms with Gasteiger partial charge in [0.25, 0.3) is 0 Å². The van der Waals surface area contributed by atoms with Gasteiger partial charge >= 0.3 is 0 Å². The van der Waals surface area contributed by atoms with Crippen LogP contribution in [0.3, 0.4) is 0 Å². The standard InChI is InChI=1S/C3H2ClN3O2/c4-3(7-9)2(1-5)6-8/h8-9H. The lowest BCUT2D eigenvalue weighted by atomic mass is 10.5. The van der Waals surface area contributed by atoms with Gasteiger partial charge in [0.05, 0.1) is 0 Å². The number of rotatable bonds is 1. The fourth-order valence-corrected chi connectivity index (χ4v) is 0.237. The van der Waals surface area contributed by atoms with Crippen LogP contribution >= 0.6 is 11.6 Å². The molecule has 48 valence electrons. The van der Waals surface area contributed by atoms with Crippen LogP contribution in [0.2, 0.25) is 0 Å². The third-order valence-electron chi connectivity index (χ3n) is 0.489. The molecule has 0 rings (SSSR count). The van der Waals surface area contributed by atoms with Gasteiger partial charge in [-0.25, -0.2) is 0 Å². The van der Waals surface area contributed by atoms with Gasteiger partial charge in [0.2, 0.25) is 10.9 Å². The van der Waals surface area contributed by atoms with Crippen molar-refractivity contribution >= 4 is 22.5 Å². The summed E-state index contributed by atoms with van der Waals surface area (Å²) in [5.41, 5.74) is -0.529. The molecule has 5 nitrogen and oxygen atoms in total. The quantitative estimate of drug-likeness (QED) is 0.319. The molecule has 0 amide bonds. The van der Waals surface area contributed by atoms with E-state index in [0.717, 1.165) is 0 Å². The number of hydrogen-bond acceptors (Lipinski definition) is 5. The van der Waals surface area contributed by atoms with Crippen molar-refractivity contribution < 1.29 is 10.4 Å². The largest absolute Gasteiger partial charge is 0.410 e. The number of nitrogens with zero attached hydrogens (tertiary/aromatic N) is 3. The van der Waals surface area contributed by atoms with E-state index in [1.54, 1.807) is 0 Å². The monoisotopic (exact) mass is 147 g/mol. The summed E-state index contributed by atoms with van der Waals surface area (Å²) in [6.45, 7) is 0. The molecule has 9 heavy (non-hydrogen) atoms. The molecule has 2 N–H and O–H groups in total. The summed E-state index contributed by atoms with van der Waals surface area (Å²) in [4.78, 5) is 0. The highest BCUT2D eigenvalue weighted by Crippen LogP contribution is 1.87. The van der Waals surface area contributed by atoms with E-state index in [-0.39, 0.29) is 0 Å². The number of nitriles is 1. The first kappa shape index (κ1) is 7.72. The Morgan fingerprint density at radius 2 is 2.00 bits per heavy atom. The molecule has 0 saturated heterocycles. The van der Waals surface area contributed by atoms with Crippen LogP contribution in [0.15, 0.2) is 10.3 Å². The Labute approximate surface area is 55.5 Å². The van der Waals surface area contributed by atoms with Crippen molar-refractivity contribution in [2.24, 2.45) is 10.3 Å². The van der Waals surface area contributed by atoms with E-state index in [0.29, 0.717) is 0 Å². The van der Waals surface area contributed by atoms with Crippen LogP contribution in [0.4, 0.5) is 0 Å². The van der Waals surface area contributed by atoms with Crippen LogP contribution < -0.4 is 0 Å². The van der Waals surface area contributed by atoms with Gasteiger partial charge in [0.1, 0.15) is 6.07 Å². The summed E-state index contributed by atoms with van der Waals surface area (Å²) in [6, 6.07) is 1.38. The molecule has 0 aliphatic rings. The second-order valence-electron chi connectivity index (χ2n) is 0.951. The van der Waals surface area contributed by atoms with Gasteiger partial charge in [-0.1, -0.05) is 21.9 Å². The van der Waals surface area contributed by atoms with Crippen LogP contribution in [0.5, 0.6) is 0 Å². The van der Waals surface area contributed by atoms with Gasteiger partial charge < -0.3 is 10.4 Å². The minimum atomic E-state index is -0.542. The van der Waals surface area contributed by atoms with E-state index in [9.17, 15) is 0 Å². The van der Waals surface area contributed by atoms with E-state index >= 15 is 0 Å². The molecule has 0 fully saturated rings. The van der Waals surface area contributed by atoms with Gasteiger partial charge in [-0.3, -0.25) is 0 Å². The maximum absolute atomic E-state index is 8.01. The maximum Gasteiger partial charge on any atom is 0.220 e. The first-order chi connectivity index (χ1) is 4.26. The Hall–Kier alpha value is -1.28. The zero-order chi connectivity index (χ0) is 7.28. The fraction of sp³-hybridized carbons (Fsp3) is 0. The van der Waals surface area contributed by atoms with Crippen molar-refractivity contribution in [3.8, 4) is 6.07 Å². The lowest BCUT2D eigenvalue weighted by Crippen LogP contribution is -2.03. The molecule has 0 saturated carbocycles. The Morgan fingerprint density at radius 3 is 2.11 bits per heavy atom. The topological polar surface area (TPSA) is 89.0 Å². The molecule has 0 aliphatic heterocycles. The van der Waals surface area contributed by atoms with E-state index in [1.165, 1.54) is 6.07 Å². The predicted octanol–water partition coefficient (Wildman–Crippen LogP) is 0.367. The zero-order valence-corrected chi connectivity index (χ0v) is 4.87. The van der Waals surface area contributed by atoms with Crippen LogP contribution in [0, 0.1) is 11.3 Å². The first-order valence-corrected chi connectivity index (χ1v) is 2.14. The number of hydrogen-bond donors (Lipinski definition) is 2. The molecular formula is C3H2ClN3O2. The first-order valence-electron chi connectivity index (χ1n) is 1.76. The zero-order valence-electron chi connectivity index (χ0n) is 4.11. The van der Waals surface area contributed by atoms with Crippen LogP contribution in [0.1, 0.15) is 0 Å². The Bertz CT molecular complexity index is 192. The second kappa shape index (κ2) is 3.69. The number of halogens is 1.